The summed E-state index contributed by atoms with van der Waals surface area (Å²) in [6.45, 7) is 4.88. The maximum absolute atomic E-state index is 5.35. The van der Waals surface area contributed by atoms with Crippen LogP contribution in [-0.4, -0.2) is 22.6 Å². The van der Waals surface area contributed by atoms with E-state index in [0.29, 0.717) is 0 Å². The average molecular weight is 158 g/mol. The van der Waals surface area contributed by atoms with Gasteiger partial charge in [-0.25, -0.2) is 0 Å². The van der Waals surface area contributed by atoms with Crippen molar-refractivity contribution in [3.8, 4) is 0 Å². The Kier molecular flexibility index (Phi) is 4.94. The molecule has 0 atom stereocenters. The van der Waals surface area contributed by atoms with Crippen molar-refractivity contribution in [2.45, 2.75) is 38.7 Å². The van der Waals surface area contributed by atoms with Gasteiger partial charge in [0.05, 0.1) is 0 Å². The van der Waals surface area contributed by atoms with Crippen LogP contribution in [0.5, 0.6) is 0 Å². The summed E-state index contributed by atoms with van der Waals surface area (Å²) in [4.78, 5) is 0. The van der Waals surface area contributed by atoms with Gasteiger partial charge in [0.25, 0.3) is 0 Å². The number of unbranched alkanes of at least 4 members (excludes halogenated alkanes) is 1. The topological polar surface area (TPSA) is 35.2 Å². The molecule has 0 amide bonds. The summed E-state index contributed by atoms with van der Waals surface area (Å²) in [6, 6.07) is 0. The SMILES string of the molecule is CC(C)(CCCCN)O[Si]. The Bertz CT molecular complexity index is 85.7. The Labute approximate surface area is 66.7 Å². The molecule has 59 valence electrons. The zero-order valence-corrected chi connectivity index (χ0v) is 7.81. The molecule has 0 spiro atoms. The first-order valence-electron chi connectivity index (χ1n) is 3.67. The Morgan fingerprint density at radius 2 is 2.00 bits per heavy atom. The van der Waals surface area contributed by atoms with Gasteiger partial charge in [0, 0.05) is 5.60 Å². The van der Waals surface area contributed by atoms with E-state index in [-0.39, 0.29) is 5.60 Å². The van der Waals surface area contributed by atoms with E-state index in [1.165, 1.54) is 0 Å². The first-order valence-corrected chi connectivity index (χ1v) is 4.08. The van der Waals surface area contributed by atoms with Crippen LogP contribution in [0.4, 0.5) is 0 Å². The first-order chi connectivity index (χ1) is 4.62. The largest absolute Gasteiger partial charge is 0.414 e. The van der Waals surface area contributed by atoms with E-state index in [2.05, 4.69) is 24.3 Å². The number of hydrogen-bond acceptors (Lipinski definition) is 2. The second-order valence-corrected chi connectivity index (χ2v) is 3.31. The van der Waals surface area contributed by atoms with E-state index in [1.54, 1.807) is 0 Å². The molecule has 0 aromatic heterocycles. The van der Waals surface area contributed by atoms with E-state index in [9.17, 15) is 0 Å². The van der Waals surface area contributed by atoms with E-state index < -0.39 is 0 Å². The summed E-state index contributed by atoms with van der Waals surface area (Å²) in [6.07, 6.45) is 3.26. The Hall–Kier alpha value is 0.137. The molecule has 0 aromatic rings. The van der Waals surface area contributed by atoms with Gasteiger partial charge < -0.3 is 10.2 Å². The van der Waals surface area contributed by atoms with Gasteiger partial charge in [0.1, 0.15) is 0 Å². The van der Waals surface area contributed by atoms with E-state index in [1.807, 2.05) is 0 Å². The molecule has 3 radical (unpaired) electrons. The molecule has 0 aliphatic carbocycles. The number of rotatable bonds is 5. The average Bonchev–Trinajstić information content (AvgIpc) is 1.89. The van der Waals surface area contributed by atoms with E-state index in [0.717, 1.165) is 25.8 Å². The molecule has 0 saturated heterocycles. The van der Waals surface area contributed by atoms with Crippen LogP contribution in [0.3, 0.4) is 0 Å². The summed E-state index contributed by atoms with van der Waals surface area (Å²) in [7, 11) is 3.04. The van der Waals surface area contributed by atoms with Gasteiger partial charge in [0.15, 0.2) is 0 Å². The van der Waals surface area contributed by atoms with E-state index in [4.69, 9.17) is 10.2 Å². The van der Waals surface area contributed by atoms with Crippen LogP contribution in [0.15, 0.2) is 0 Å². The molecule has 0 unspecified atom stereocenters. The molecule has 0 aromatic carbocycles. The van der Waals surface area contributed by atoms with Crippen molar-refractivity contribution < 1.29 is 4.43 Å². The van der Waals surface area contributed by atoms with Crippen LogP contribution in [0.25, 0.3) is 0 Å². The van der Waals surface area contributed by atoms with Crippen LogP contribution in [0, 0.1) is 0 Å². The lowest BCUT2D eigenvalue weighted by molar-refractivity contribution is 0.110. The van der Waals surface area contributed by atoms with Crippen LogP contribution in [0.1, 0.15) is 33.1 Å². The molecule has 0 fully saturated rings. The highest BCUT2D eigenvalue weighted by Crippen LogP contribution is 2.15. The van der Waals surface area contributed by atoms with Gasteiger partial charge in [-0.2, -0.15) is 0 Å². The molecule has 0 aliphatic heterocycles. The van der Waals surface area contributed by atoms with Gasteiger partial charge in [-0.05, 0) is 39.7 Å². The molecule has 0 aliphatic rings. The van der Waals surface area contributed by atoms with Crippen LogP contribution < -0.4 is 5.73 Å². The fraction of sp³-hybridized carbons (Fsp3) is 1.00. The molecule has 0 saturated carbocycles. The smallest absolute Gasteiger partial charge is 0.246 e. The summed E-state index contributed by atoms with van der Waals surface area (Å²) in [5.41, 5.74) is 5.30. The third-order valence-electron chi connectivity index (χ3n) is 1.51. The van der Waals surface area contributed by atoms with Gasteiger partial charge in [0.2, 0.25) is 10.5 Å². The van der Waals surface area contributed by atoms with Gasteiger partial charge >= 0.3 is 0 Å². The van der Waals surface area contributed by atoms with Crippen molar-refractivity contribution in [1.82, 2.24) is 0 Å². The van der Waals surface area contributed by atoms with Crippen molar-refractivity contribution in [2.75, 3.05) is 6.54 Å². The van der Waals surface area contributed by atoms with Crippen LogP contribution >= 0.6 is 0 Å². The third kappa shape index (κ3) is 4.96. The number of nitrogens with two attached hydrogens (primary N) is 1. The fourth-order valence-corrected chi connectivity index (χ4v) is 0.848. The lowest BCUT2D eigenvalue weighted by Gasteiger charge is -2.22. The summed E-state index contributed by atoms with van der Waals surface area (Å²) < 4.78 is 5.05. The molecule has 10 heavy (non-hydrogen) atoms. The van der Waals surface area contributed by atoms with Crippen LogP contribution in [-0.2, 0) is 4.43 Å². The minimum atomic E-state index is -0.0495. The molecular formula is C7H16NOSi. The predicted molar refractivity (Wildman–Crippen MR) is 43.8 cm³/mol. The summed E-state index contributed by atoms with van der Waals surface area (Å²) in [5, 5.41) is 0. The van der Waals surface area contributed by atoms with Crippen molar-refractivity contribution in [2.24, 2.45) is 5.73 Å². The van der Waals surface area contributed by atoms with Crippen LogP contribution in [0.2, 0.25) is 0 Å². The molecule has 0 rings (SSSR count). The zero-order chi connectivity index (χ0) is 8.04. The van der Waals surface area contributed by atoms with Crippen molar-refractivity contribution >= 4 is 10.5 Å². The van der Waals surface area contributed by atoms with Crippen molar-refractivity contribution in [1.29, 1.82) is 0 Å². The van der Waals surface area contributed by atoms with Gasteiger partial charge in [-0.3, -0.25) is 0 Å². The first kappa shape index (κ1) is 10.1. The highest BCUT2D eigenvalue weighted by atomic mass is 28.2. The van der Waals surface area contributed by atoms with Crippen molar-refractivity contribution in [3.63, 3.8) is 0 Å². The molecule has 0 heterocycles. The molecule has 0 bridgehead atoms. The summed E-state index contributed by atoms with van der Waals surface area (Å²) >= 11 is 0. The third-order valence-corrected chi connectivity index (χ3v) is 2.06. The Morgan fingerprint density at radius 3 is 2.40 bits per heavy atom. The maximum atomic E-state index is 5.35. The monoisotopic (exact) mass is 158 g/mol. The molecule has 3 heteroatoms. The second-order valence-electron chi connectivity index (χ2n) is 3.11. The highest BCUT2D eigenvalue weighted by Gasteiger charge is 2.13. The Balaban J connectivity index is 3.28. The quantitative estimate of drug-likeness (QED) is 0.478. The summed E-state index contributed by atoms with van der Waals surface area (Å²) in [5.74, 6) is 0. The predicted octanol–water partition coefficient (Wildman–Crippen LogP) is 0.994. The zero-order valence-electron chi connectivity index (χ0n) is 6.81. The lowest BCUT2D eigenvalue weighted by atomic mass is 10.0. The van der Waals surface area contributed by atoms with E-state index >= 15 is 0 Å². The number of hydrogen-bond donors (Lipinski definition) is 1. The molecular weight excluding hydrogens is 142 g/mol. The highest BCUT2D eigenvalue weighted by molar-refractivity contribution is 5.98. The minimum absolute atomic E-state index is 0.0495. The van der Waals surface area contributed by atoms with Crippen molar-refractivity contribution in [3.05, 3.63) is 0 Å². The molecule has 2 N–H and O–H groups in total. The maximum Gasteiger partial charge on any atom is 0.246 e. The standard InChI is InChI=1S/C7H16NOSi/c1-7(2,9-10)5-3-4-6-8/h3-6,8H2,1-2H3. The minimum Gasteiger partial charge on any atom is -0.414 e. The second kappa shape index (κ2) is 4.88. The normalized spacial score (nSPS) is 12.0. The Morgan fingerprint density at radius 1 is 1.40 bits per heavy atom. The fourth-order valence-electron chi connectivity index (χ4n) is 0.746. The lowest BCUT2D eigenvalue weighted by Crippen LogP contribution is -2.23. The van der Waals surface area contributed by atoms with Gasteiger partial charge in [-0.1, -0.05) is 0 Å². The van der Waals surface area contributed by atoms with Gasteiger partial charge in [-0.15, -0.1) is 0 Å². The molecule has 2 nitrogen and oxygen atoms in total.